The Morgan fingerprint density at radius 3 is 2.56 bits per heavy atom. The van der Waals surface area contributed by atoms with Crippen molar-refractivity contribution in [2.45, 2.75) is 65.8 Å². The second kappa shape index (κ2) is 7.47. The van der Waals surface area contributed by atoms with E-state index in [2.05, 4.69) is 30.1 Å². The molecular formula is C15H27N3. The fourth-order valence-electron chi connectivity index (χ4n) is 2.41. The lowest BCUT2D eigenvalue weighted by Crippen LogP contribution is -2.17. The van der Waals surface area contributed by atoms with Gasteiger partial charge in [0.15, 0.2) is 0 Å². The Morgan fingerprint density at radius 2 is 1.94 bits per heavy atom. The number of nitrogens with two attached hydrogens (primary N) is 1. The second-order valence-electron chi connectivity index (χ2n) is 5.29. The molecule has 1 rings (SSSR count). The van der Waals surface area contributed by atoms with Crippen molar-refractivity contribution in [2.75, 3.05) is 0 Å². The van der Waals surface area contributed by atoms with Crippen LogP contribution in [0.25, 0.3) is 0 Å². The molecule has 0 radical (unpaired) electrons. The minimum atomic E-state index is 0.0982. The highest BCUT2D eigenvalue weighted by atomic mass is 15.1. The van der Waals surface area contributed by atoms with Crippen LogP contribution >= 0.6 is 0 Å². The van der Waals surface area contributed by atoms with Crippen LogP contribution in [0, 0.1) is 19.8 Å². The van der Waals surface area contributed by atoms with Crippen molar-refractivity contribution in [1.29, 1.82) is 0 Å². The molecule has 0 saturated heterocycles. The van der Waals surface area contributed by atoms with Gasteiger partial charge in [0.05, 0.1) is 11.4 Å². The first-order valence-electron chi connectivity index (χ1n) is 7.14. The molecule has 2 atom stereocenters. The Hall–Kier alpha value is -0.960. The fraction of sp³-hybridized carbons (Fsp3) is 0.733. The number of rotatable bonds is 7. The van der Waals surface area contributed by atoms with Gasteiger partial charge in [0.1, 0.15) is 0 Å². The van der Waals surface area contributed by atoms with Gasteiger partial charge >= 0.3 is 0 Å². The highest BCUT2D eigenvalue weighted by molar-refractivity contribution is 5.23. The Kier molecular flexibility index (Phi) is 6.27. The molecule has 0 amide bonds. The molecule has 2 N–H and O–H groups in total. The minimum absolute atomic E-state index is 0.0982. The number of unbranched alkanes of at least 4 members (excludes halogenated alkanes) is 1. The number of aryl methyl sites for hydroxylation is 2. The topological polar surface area (TPSA) is 51.8 Å². The van der Waals surface area contributed by atoms with Crippen LogP contribution in [0.4, 0.5) is 0 Å². The van der Waals surface area contributed by atoms with Gasteiger partial charge in [0.25, 0.3) is 0 Å². The minimum Gasteiger partial charge on any atom is -0.324 e. The SMILES string of the molecule is CCCCC(CC)CC(N)c1cc(C)nnc1C. The zero-order chi connectivity index (χ0) is 13.5. The van der Waals surface area contributed by atoms with E-state index in [1.807, 2.05) is 13.8 Å². The van der Waals surface area contributed by atoms with E-state index in [0.29, 0.717) is 0 Å². The maximum absolute atomic E-state index is 6.35. The first kappa shape index (κ1) is 15.1. The Labute approximate surface area is 111 Å². The number of aromatic nitrogens is 2. The molecule has 1 heterocycles. The van der Waals surface area contributed by atoms with Gasteiger partial charge in [0.2, 0.25) is 0 Å². The fourth-order valence-corrected chi connectivity index (χ4v) is 2.41. The number of hydrogen-bond acceptors (Lipinski definition) is 3. The summed E-state index contributed by atoms with van der Waals surface area (Å²) in [6.07, 6.45) is 6.13. The van der Waals surface area contributed by atoms with Crippen molar-refractivity contribution < 1.29 is 0 Å². The molecule has 0 bridgehead atoms. The Morgan fingerprint density at radius 1 is 1.22 bits per heavy atom. The second-order valence-corrected chi connectivity index (χ2v) is 5.29. The largest absolute Gasteiger partial charge is 0.324 e. The van der Waals surface area contributed by atoms with E-state index in [-0.39, 0.29) is 6.04 Å². The van der Waals surface area contributed by atoms with Crippen LogP contribution in [0.15, 0.2) is 6.07 Å². The van der Waals surface area contributed by atoms with E-state index in [0.717, 1.165) is 29.3 Å². The standard InChI is InChI=1S/C15H27N3/c1-5-7-8-13(6-2)10-15(16)14-9-11(3)17-18-12(14)4/h9,13,15H,5-8,10,16H2,1-4H3. The summed E-state index contributed by atoms with van der Waals surface area (Å²) in [5, 5.41) is 8.23. The third-order valence-electron chi connectivity index (χ3n) is 3.67. The summed E-state index contributed by atoms with van der Waals surface area (Å²) >= 11 is 0. The Balaban J connectivity index is 2.67. The van der Waals surface area contributed by atoms with Crippen molar-refractivity contribution in [3.05, 3.63) is 23.0 Å². The summed E-state index contributed by atoms with van der Waals surface area (Å²) in [4.78, 5) is 0. The van der Waals surface area contributed by atoms with Gasteiger partial charge in [-0.2, -0.15) is 10.2 Å². The molecule has 2 unspecified atom stereocenters. The van der Waals surface area contributed by atoms with Crippen molar-refractivity contribution in [3.63, 3.8) is 0 Å². The lowest BCUT2D eigenvalue weighted by atomic mass is 9.89. The summed E-state index contributed by atoms with van der Waals surface area (Å²) in [7, 11) is 0. The molecule has 0 fully saturated rings. The molecule has 0 aliphatic heterocycles. The van der Waals surface area contributed by atoms with Gasteiger partial charge in [-0.25, -0.2) is 0 Å². The molecule has 3 nitrogen and oxygen atoms in total. The molecule has 1 aromatic heterocycles. The molecule has 3 heteroatoms. The zero-order valence-electron chi connectivity index (χ0n) is 12.2. The van der Waals surface area contributed by atoms with Gasteiger partial charge in [-0.05, 0) is 37.8 Å². The van der Waals surface area contributed by atoms with Gasteiger partial charge in [-0.1, -0.05) is 39.5 Å². The van der Waals surface area contributed by atoms with Crippen LogP contribution in [0.5, 0.6) is 0 Å². The van der Waals surface area contributed by atoms with E-state index in [1.54, 1.807) is 0 Å². The smallest absolute Gasteiger partial charge is 0.0648 e. The van der Waals surface area contributed by atoms with Gasteiger partial charge < -0.3 is 5.73 Å². The normalized spacial score (nSPS) is 14.5. The van der Waals surface area contributed by atoms with Gasteiger partial charge in [-0.15, -0.1) is 0 Å². The molecule has 102 valence electrons. The molecule has 0 aliphatic carbocycles. The highest BCUT2D eigenvalue weighted by Gasteiger charge is 2.16. The van der Waals surface area contributed by atoms with Crippen LogP contribution < -0.4 is 5.73 Å². The van der Waals surface area contributed by atoms with Crippen LogP contribution in [0.3, 0.4) is 0 Å². The first-order valence-corrected chi connectivity index (χ1v) is 7.14. The lowest BCUT2D eigenvalue weighted by Gasteiger charge is -2.20. The molecule has 18 heavy (non-hydrogen) atoms. The van der Waals surface area contributed by atoms with Crippen molar-refractivity contribution >= 4 is 0 Å². The van der Waals surface area contributed by atoms with E-state index < -0.39 is 0 Å². The predicted octanol–water partition coefficient (Wildman–Crippen LogP) is 3.70. The molecule has 0 aromatic carbocycles. The average molecular weight is 249 g/mol. The van der Waals surface area contributed by atoms with Gasteiger partial charge in [-0.3, -0.25) is 0 Å². The summed E-state index contributed by atoms with van der Waals surface area (Å²) in [5.74, 6) is 0.729. The maximum Gasteiger partial charge on any atom is 0.0648 e. The summed E-state index contributed by atoms with van der Waals surface area (Å²) in [6, 6.07) is 2.18. The monoisotopic (exact) mass is 249 g/mol. The first-order chi connectivity index (χ1) is 8.58. The van der Waals surface area contributed by atoms with Crippen molar-refractivity contribution in [2.24, 2.45) is 11.7 Å². The number of hydrogen-bond donors (Lipinski definition) is 1. The van der Waals surface area contributed by atoms with Crippen molar-refractivity contribution in [1.82, 2.24) is 10.2 Å². The molecule has 0 aliphatic rings. The van der Waals surface area contributed by atoms with Crippen LogP contribution in [0.2, 0.25) is 0 Å². The van der Waals surface area contributed by atoms with Crippen molar-refractivity contribution in [3.8, 4) is 0 Å². The summed E-state index contributed by atoms with van der Waals surface area (Å²) < 4.78 is 0. The molecular weight excluding hydrogens is 222 g/mol. The third kappa shape index (κ3) is 4.37. The quantitative estimate of drug-likeness (QED) is 0.801. The average Bonchev–Trinajstić information content (AvgIpc) is 2.37. The van der Waals surface area contributed by atoms with E-state index in [4.69, 9.17) is 5.73 Å². The van der Waals surface area contributed by atoms with E-state index >= 15 is 0 Å². The van der Waals surface area contributed by atoms with E-state index in [1.165, 1.54) is 25.7 Å². The summed E-state index contributed by atoms with van der Waals surface area (Å²) in [5.41, 5.74) is 9.43. The Bertz CT molecular complexity index is 363. The third-order valence-corrected chi connectivity index (χ3v) is 3.67. The van der Waals surface area contributed by atoms with Crippen LogP contribution in [-0.4, -0.2) is 10.2 Å². The van der Waals surface area contributed by atoms with Gasteiger partial charge in [0, 0.05) is 6.04 Å². The molecule has 0 spiro atoms. The highest BCUT2D eigenvalue weighted by Crippen LogP contribution is 2.26. The molecule has 1 aromatic rings. The van der Waals surface area contributed by atoms with E-state index in [9.17, 15) is 0 Å². The molecule has 0 saturated carbocycles. The predicted molar refractivity (Wildman–Crippen MR) is 76.4 cm³/mol. The van der Waals surface area contributed by atoms with Crippen LogP contribution in [0.1, 0.15) is 68.9 Å². The summed E-state index contributed by atoms with van der Waals surface area (Å²) in [6.45, 7) is 8.47. The maximum atomic E-state index is 6.35. The lowest BCUT2D eigenvalue weighted by molar-refractivity contribution is 0.387. The van der Waals surface area contributed by atoms with Crippen LogP contribution in [-0.2, 0) is 0 Å². The number of nitrogens with zero attached hydrogens (tertiary/aromatic N) is 2. The zero-order valence-corrected chi connectivity index (χ0v) is 12.2.